The van der Waals surface area contributed by atoms with Crippen LogP contribution in [-0.2, 0) is 11.3 Å². The highest BCUT2D eigenvalue weighted by atomic mass is 16.5. The van der Waals surface area contributed by atoms with Crippen LogP contribution in [0, 0.1) is 0 Å². The fourth-order valence-electron chi connectivity index (χ4n) is 3.47. The molecule has 6 heteroatoms. The van der Waals surface area contributed by atoms with Crippen LogP contribution in [0.25, 0.3) is 11.0 Å². The van der Waals surface area contributed by atoms with E-state index in [9.17, 15) is 4.79 Å². The Kier molecular flexibility index (Phi) is 3.84. The number of para-hydroxylation sites is 1. The summed E-state index contributed by atoms with van der Waals surface area (Å²) in [6.07, 6.45) is 3.61. The van der Waals surface area contributed by atoms with Gasteiger partial charge < -0.3 is 14.1 Å². The molecule has 1 amide bonds. The summed E-state index contributed by atoms with van der Waals surface area (Å²) in [5, 5.41) is 5.21. The molecule has 0 aliphatic carbocycles. The van der Waals surface area contributed by atoms with E-state index in [0.29, 0.717) is 32.0 Å². The molecule has 0 N–H and O–H groups in total. The van der Waals surface area contributed by atoms with Gasteiger partial charge in [-0.25, -0.2) is 0 Å². The normalized spacial score (nSPS) is 16.2. The van der Waals surface area contributed by atoms with Crippen molar-refractivity contribution in [3.05, 3.63) is 54.0 Å². The lowest BCUT2D eigenvalue weighted by Gasteiger charge is -2.47. The maximum absolute atomic E-state index is 13.0. The van der Waals surface area contributed by atoms with E-state index in [2.05, 4.69) is 5.10 Å². The lowest BCUT2D eigenvalue weighted by Crippen LogP contribution is -2.63. The van der Waals surface area contributed by atoms with Crippen molar-refractivity contribution in [2.75, 3.05) is 19.7 Å². The third-order valence-electron chi connectivity index (χ3n) is 4.60. The van der Waals surface area contributed by atoms with Crippen LogP contribution in [0.15, 0.2) is 47.1 Å². The predicted molar refractivity (Wildman–Crippen MR) is 93.5 cm³/mol. The number of carbonyl (C=O) groups excluding carboxylic acids is 1. The molecule has 2 aromatic heterocycles. The number of rotatable bonds is 5. The maximum Gasteiger partial charge on any atom is 0.290 e. The number of hydrogen-bond acceptors (Lipinski definition) is 4. The quantitative estimate of drug-likeness (QED) is 0.717. The number of fused-ring (bicyclic) bond motifs is 1. The molecule has 0 spiro atoms. The number of ether oxygens (including phenoxy) is 1. The molecule has 1 aromatic carbocycles. The Balaban J connectivity index is 1.66. The number of furan rings is 1. The summed E-state index contributed by atoms with van der Waals surface area (Å²) in [6.45, 7) is 6.31. The largest absolute Gasteiger partial charge is 0.451 e. The van der Waals surface area contributed by atoms with E-state index in [4.69, 9.17) is 9.15 Å². The van der Waals surface area contributed by atoms with E-state index in [-0.39, 0.29) is 11.5 Å². The monoisotopic (exact) mass is 339 g/mol. The van der Waals surface area contributed by atoms with Gasteiger partial charge in [-0.1, -0.05) is 18.2 Å². The topological polar surface area (TPSA) is 60.5 Å². The van der Waals surface area contributed by atoms with E-state index in [1.807, 2.05) is 50.4 Å². The Bertz CT molecular complexity index is 892. The van der Waals surface area contributed by atoms with Gasteiger partial charge in [0, 0.05) is 30.0 Å². The standard InChI is InChI=1S/C19H21N3O3/c1-3-24-19(2)12-21(13-19)18(23)17-15(11-22-10-6-9-20-22)14-7-4-5-8-16(14)25-17/h4-10H,3,11-13H2,1-2H3. The van der Waals surface area contributed by atoms with Gasteiger partial charge in [0.05, 0.1) is 19.6 Å². The van der Waals surface area contributed by atoms with Crippen LogP contribution >= 0.6 is 0 Å². The number of benzene rings is 1. The highest BCUT2D eigenvalue weighted by Gasteiger charge is 2.43. The molecule has 1 fully saturated rings. The van der Waals surface area contributed by atoms with Crippen LogP contribution in [-0.4, -0.2) is 45.9 Å². The molecule has 1 aliphatic rings. The number of hydrogen-bond donors (Lipinski definition) is 0. The molecule has 0 radical (unpaired) electrons. The summed E-state index contributed by atoms with van der Waals surface area (Å²) in [5.41, 5.74) is 1.34. The summed E-state index contributed by atoms with van der Waals surface area (Å²) in [5.74, 6) is 0.311. The minimum Gasteiger partial charge on any atom is -0.451 e. The van der Waals surface area contributed by atoms with Crippen molar-refractivity contribution in [2.45, 2.75) is 26.0 Å². The van der Waals surface area contributed by atoms with Gasteiger partial charge in [0.25, 0.3) is 5.91 Å². The second kappa shape index (κ2) is 6.04. The molecule has 0 saturated carbocycles. The first-order valence-corrected chi connectivity index (χ1v) is 8.51. The molecule has 3 heterocycles. The first-order chi connectivity index (χ1) is 12.1. The molecule has 4 rings (SSSR count). The maximum atomic E-state index is 13.0. The summed E-state index contributed by atoms with van der Waals surface area (Å²) in [7, 11) is 0. The van der Waals surface area contributed by atoms with Crippen LogP contribution in [0.3, 0.4) is 0 Å². The van der Waals surface area contributed by atoms with Crippen molar-refractivity contribution in [3.8, 4) is 0 Å². The number of amides is 1. The zero-order chi connectivity index (χ0) is 17.4. The zero-order valence-electron chi connectivity index (χ0n) is 14.4. The van der Waals surface area contributed by atoms with Crippen molar-refractivity contribution in [1.29, 1.82) is 0 Å². The van der Waals surface area contributed by atoms with Gasteiger partial charge in [-0.2, -0.15) is 5.10 Å². The lowest BCUT2D eigenvalue weighted by molar-refractivity contribution is -0.113. The number of carbonyl (C=O) groups is 1. The molecular formula is C19H21N3O3. The zero-order valence-corrected chi connectivity index (χ0v) is 14.4. The van der Waals surface area contributed by atoms with Gasteiger partial charge in [-0.05, 0) is 26.0 Å². The van der Waals surface area contributed by atoms with E-state index in [1.54, 1.807) is 15.8 Å². The predicted octanol–water partition coefficient (Wildman–Crippen LogP) is 2.93. The Hall–Kier alpha value is -2.60. The van der Waals surface area contributed by atoms with Gasteiger partial charge in [0.15, 0.2) is 5.76 Å². The van der Waals surface area contributed by atoms with Crippen molar-refractivity contribution in [3.63, 3.8) is 0 Å². The number of likely N-dealkylation sites (tertiary alicyclic amines) is 1. The second-order valence-electron chi connectivity index (χ2n) is 6.65. The lowest BCUT2D eigenvalue weighted by atomic mass is 9.95. The third kappa shape index (κ3) is 2.82. The Morgan fingerprint density at radius 2 is 2.12 bits per heavy atom. The van der Waals surface area contributed by atoms with Crippen molar-refractivity contribution >= 4 is 16.9 Å². The molecule has 1 saturated heterocycles. The van der Waals surface area contributed by atoms with Crippen LogP contribution in [0.1, 0.15) is 30.0 Å². The minimum absolute atomic E-state index is 0.0875. The first-order valence-electron chi connectivity index (χ1n) is 8.51. The Morgan fingerprint density at radius 1 is 1.32 bits per heavy atom. The Labute approximate surface area is 146 Å². The van der Waals surface area contributed by atoms with E-state index in [1.165, 1.54) is 0 Å². The van der Waals surface area contributed by atoms with Crippen LogP contribution in [0.4, 0.5) is 0 Å². The molecular weight excluding hydrogens is 318 g/mol. The van der Waals surface area contributed by atoms with Gasteiger partial charge in [-0.15, -0.1) is 0 Å². The smallest absolute Gasteiger partial charge is 0.290 e. The first kappa shape index (κ1) is 15.9. The minimum atomic E-state index is -0.251. The highest BCUT2D eigenvalue weighted by molar-refractivity contribution is 5.99. The van der Waals surface area contributed by atoms with Crippen LogP contribution < -0.4 is 0 Å². The second-order valence-corrected chi connectivity index (χ2v) is 6.65. The highest BCUT2D eigenvalue weighted by Crippen LogP contribution is 2.31. The van der Waals surface area contributed by atoms with Gasteiger partial charge in [-0.3, -0.25) is 9.48 Å². The van der Waals surface area contributed by atoms with Crippen molar-refractivity contribution < 1.29 is 13.9 Å². The fourth-order valence-corrected chi connectivity index (χ4v) is 3.47. The Morgan fingerprint density at radius 3 is 2.84 bits per heavy atom. The van der Waals surface area contributed by atoms with Crippen molar-refractivity contribution in [2.24, 2.45) is 0 Å². The molecule has 3 aromatic rings. The van der Waals surface area contributed by atoms with Crippen LogP contribution in [0.2, 0.25) is 0 Å². The summed E-state index contributed by atoms with van der Waals surface area (Å²) < 4.78 is 13.4. The average Bonchev–Trinajstić information content (AvgIpc) is 3.21. The van der Waals surface area contributed by atoms with E-state index in [0.717, 1.165) is 16.5 Å². The molecule has 0 atom stereocenters. The molecule has 0 bridgehead atoms. The van der Waals surface area contributed by atoms with E-state index >= 15 is 0 Å². The summed E-state index contributed by atoms with van der Waals surface area (Å²) in [6, 6.07) is 9.60. The molecule has 0 unspecified atom stereocenters. The van der Waals surface area contributed by atoms with Crippen molar-refractivity contribution in [1.82, 2.24) is 14.7 Å². The number of nitrogens with zero attached hydrogens (tertiary/aromatic N) is 3. The van der Waals surface area contributed by atoms with Gasteiger partial charge in [0.1, 0.15) is 11.2 Å². The molecule has 130 valence electrons. The summed E-state index contributed by atoms with van der Waals surface area (Å²) >= 11 is 0. The molecule has 6 nitrogen and oxygen atoms in total. The third-order valence-corrected chi connectivity index (χ3v) is 4.60. The SMILES string of the molecule is CCOC1(C)CN(C(=O)c2oc3ccccc3c2Cn2cccn2)C1. The molecule has 25 heavy (non-hydrogen) atoms. The molecule has 1 aliphatic heterocycles. The average molecular weight is 339 g/mol. The number of aromatic nitrogens is 2. The van der Waals surface area contributed by atoms with Gasteiger partial charge >= 0.3 is 0 Å². The summed E-state index contributed by atoms with van der Waals surface area (Å²) in [4.78, 5) is 14.8. The van der Waals surface area contributed by atoms with E-state index < -0.39 is 0 Å². The van der Waals surface area contributed by atoms with Gasteiger partial charge in [0.2, 0.25) is 0 Å². The fraction of sp³-hybridized carbons (Fsp3) is 0.368. The van der Waals surface area contributed by atoms with Crippen LogP contribution in [0.5, 0.6) is 0 Å².